The first-order valence-corrected chi connectivity index (χ1v) is 6.81. The van der Waals surface area contributed by atoms with Crippen LogP contribution in [0.15, 0.2) is 28.7 Å². The number of hydrogen-bond acceptors (Lipinski definition) is 0. The fourth-order valence-electron chi connectivity index (χ4n) is 1.40. The average molecular weight is 320 g/mol. The van der Waals surface area contributed by atoms with Crippen molar-refractivity contribution in [1.29, 1.82) is 0 Å². The molecule has 0 saturated carbocycles. The lowest BCUT2D eigenvalue weighted by molar-refractivity contribution is 0.687. The van der Waals surface area contributed by atoms with Gasteiger partial charge in [-0.1, -0.05) is 63.8 Å². The number of unbranched alkanes of at least 4 members (excludes halogenated alkanes) is 1. The normalized spacial score (nSPS) is 12.8. The van der Waals surface area contributed by atoms with Crippen LogP contribution >= 0.6 is 31.9 Å². The van der Waals surface area contributed by atoms with Gasteiger partial charge in [-0.05, 0) is 30.5 Å². The highest BCUT2D eigenvalue weighted by atomic mass is 79.9. The van der Waals surface area contributed by atoms with Gasteiger partial charge in [0.05, 0.1) is 0 Å². The van der Waals surface area contributed by atoms with Crippen LogP contribution in [0.5, 0.6) is 0 Å². The maximum Gasteiger partial charge on any atom is 0.0186 e. The highest BCUT2D eigenvalue weighted by Crippen LogP contribution is 2.17. The highest BCUT2D eigenvalue weighted by Gasteiger charge is 2.04. The van der Waals surface area contributed by atoms with Gasteiger partial charge in [0.25, 0.3) is 0 Å². The van der Waals surface area contributed by atoms with Crippen molar-refractivity contribution in [2.24, 2.45) is 0 Å². The van der Waals surface area contributed by atoms with Gasteiger partial charge < -0.3 is 0 Å². The van der Waals surface area contributed by atoms with Gasteiger partial charge in [0.2, 0.25) is 0 Å². The van der Waals surface area contributed by atoms with Crippen molar-refractivity contribution in [3.63, 3.8) is 0 Å². The molecule has 0 aliphatic heterocycles. The van der Waals surface area contributed by atoms with Crippen LogP contribution in [0.1, 0.15) is 31.7 Å². The van der Waals surface area contributed by atoms with E-state index in [9.17, 15) is 0 Å². The van der Waals surface area contributed by atoms with E-state index in [0.717, 1.165) is 10.9 Å². The van der Waals surface area contributed by atoms with Crippen LogP contribution in [-0.4, -0.2) is 4.83 Å². The standard InChI is InChI=1S/C12H16Br2/c1-2-3-4-12(14)9-10-5-7-11(13)8-6-10/h5-8,12H,2-4,9H2,1H3. The minimum atomic E-state index is 0.628. The molecule has 1 rings (SSSR count). The summed E-state index contributed by atoms with van der Waals surface area (Å²) in [6.07, 6.45) is 4.99. The van der Waals surface area contributed by atoms with Crippen molar-refractivity contribution in [2.75, 3.05) is 0 Å². The third-order valence-electron chi connectivity index (χ3n) is 2.24. The molecule has 1 unspecified atom stereocenters. The molecule has 0 aliphatic carbocycles. The molecule has 1 aromatic carbocycles. The van der Waals surface area contributed by atoms with E-state index in [1.807, 2.05) is 0 Å². The first kappa shape index (κ1) is 12.3. The van der Waals surface area contributed by atoms with E-state index in [1.165, 1.54) is 24.8 Å². The molecular weight excluding hydrogens is 304 g/mol. The molecular formula is C12H16Br2. The van der Waals surface area contributed by atoms with E-state index in [1.54, 1.807) is 0 Å². The van der Waals surface area contributed by atoms with Crippen LogP contribution in [0.4, 0.5) is 0 Å². The summed E-state index contributed by atoms with van der Waals surface area (Å²) in [6, 6.07) is 8.58. The molecule has 0 aliphatic rings. The summed E-state index contributed by atoms with van der Waals surface area (Å²) >= 11 is 7.16. The van der Waals surface area contributed by atoms with Gasteiger partial charge in [0, 0.05) is 9.30 Å². The van der Waals surface area contributed by atoms with Crippen molar-refractivity contribution in [3.8, 4) is 0 Å². The molecule has 1 aromatic rings. The van der Waals surface area contributed by atoms with Gasteiger partial charge in [-0.3, -0.25) is 0 Å². The van der Waals surface area contributed by atoms with Gasteiger partial charge in [-0.25, -0.2) is 0 Å². The number of alkyl halides is 1. The molecule has 0 fully saturated rings. The van der Waals surface area contributed by atoms with Crippen LogP contribution < -0.4 is 0 Å². The second-order valence-electron chi connectivity index (χ2n) is 3.57. The smallest absolute Gasteiger partial charge is 0.0186 e. The molecule has 0 spiro atoms. The van der Waals surface area contributed by atoms with Crippen LogP contribution in [-0.2, 0) is 6.42 Å². The van der Waals surface area contributed by atoms with Gasteiger partial charge >= 0.3 is 0 Å². The van der Waals surface area contributed by atoms with E-state index < -0.39 is 0 Å². The second kappa shape index (κ2) is 6.62. The Kier molecular flexibility index (Phi) is 5.80. The summed E-state index contributed by atoms with van der Waals surface area (Å²) < 4.78 is 1.15. The van der Waals surface area contributed by atoms with E-state index in [2.05, 4.69) is 63.0 Å². The Hall–Kier alpha value is 0.180. The second-order valence-corrected chi connectivity index (χ2v) is 5.78. The third-order valence-corrected chi connectivity index (χ3v) is 3.55. The molecule has 0 aromatic heterocycles. The third kappa shape index (κ3) is 4.61. The zero-order valence-electron chi connectivity index (χ0n) is 8.47. The van der Waals surface area contributed by atoms with Gasteiger partial charge in [-0.2, -0.15) is 0 Å². The number of halogens is 2. The molecule has 14 heavy (non-hydrogen) atoms. The Morgan fingerprint density at radius 3 is 2.43 bits per heavy atom. The minimum absolute atomic E-state index is 0.628. The lowest BCUT2D eigenvalue weighted by Gasteiger charge is -2.08. The van der Waals surface area contributed by atoms with E-state index in [0.29, 0.717) is 4.83 Å². The Bertz CT molecular complexity index is 254. The summed E-state index contributed by atoms with van der Waals surface area (Å²) in [4.78, 5) is 0.628. The molecule has 78 valence electrons. The van der Waals surface area contributed by atoms with Gasteiger partial charge in [0.1, 0.15) is 0 Å². The largest absolute Gasteiger partial charge is 0.0887 e. The molecule has 0 N–H and O–H groups in total. The maximum atomic E-state index is 3.72. The Balaban J connectivity index is 2.39. The van der Waals surface area contributed by atoms with Crippen LogP contribution in [0.2, 0.25) is 0 Å². The number of benzene rings is 1. The molecule has 0 amide bonds. The SMILES string of the molecule is CCCCC(Br)Cc1ccc(Br)cc1. The molecule has 1 atom stereocenters. The predicted octanol–water partition coefficient (Wildman–Crippen LogP) is 4.95. The summed E-state index contributed by atoms with van der Waals surface area (Å²) in [7, 11) is 0. The highest BCUT2D eigenvalue weighted by molar-refractivity contribution is 9.10. The van der Waals surface area contributed by atoms with E-state index >= 15 is 0 Å². The molecule has 0 saturated heterocycles. The predicted molar refractivity (Wildman–Crippen MR) is 70.1 cm³/mol. The minimum Gasteiger partial charge on any atom is -0.0887 e. The molecule has 0 radical (unpaired) electrons. The van der Waals surface area contributed by atoms with Crippen molar-refractivity contribution in [1.82, 2.24) is 0 Å². The summed E-state index contributed by atoms with van der Waals surface area (Å²) in [5.74, 6) is 0. The Morgan fingerprint density at radius 1 is 1.21 bits per heavy atom. The monoisotopic (exact) mass is 318 g/mol. The Morgan fingerprint density at radius 2 is 1.86 bits per heavy atom. The van der Waals surface area contributed by atoms with Gasteiger partial charge in [-0.15, -0.1) is 0 Å². The quantitative estimate of drug-likeness (QED) is 0.674. The van der Waals surface area contributed by atoms with Crippen molar-refractivity contribution in [3.05, 3.63) is 34.3 Å². The summed E-state index contributed by atoms with van der Waals surface area (Å²) in [6.45, 7) is 2.24. The van der Waals surface area contributed by atoms with Crippen LogP contribution in [0.3, 0.4) is 0 Å². The fraction of sp³-hybridized carbons (Fsp3) is 0.500. The van der Waals surface area contributed by atoms with E-state index in [-0.39, 0.29) is 0 Å². The topological polar surface area (TPSA) is 0 Å². The van der Waals surface area contributed by atoms with Crippen molar-refractivity contribution >= 4 is 31.9 Å². The van der Waals surface area contributed by atoms with Crippen molar-refractivity contribution in [2.45, 2.75) is 37.4 Å². The molecule has 0 nitrogen and oxygen atoms in total. The molecule has 0 heterocycles. The van der Waals surface area contributed by atoms with Gasteiger partial charge in [0.15, 0.2) is 0 Å². The zero-order chi connectivity index (χ0) is 10.4. The average Bonchev–Trinajstić information content (AvgIpc) is 2.18. The summed E-state index contributed by atoms with van der Waals surface area (Å²) in [5.41, 5.74) is 1.41. The molecule has 0 bridgehead atoms. The maximum absolute atomic E-state index is 3.72. The number of rotatable bonds is 5. The van der Waals surface area contributed by atoms with Crippen LogP contribution in [0.25, 0.3) is 0 Å². The first-order chi connectivity index (χ1) is 6.72. The lowest BCUT2D eigenvalue weighted by Crippen LogP contribution is -2.02. The fourth-order valence-corrected chi connectivity index (χ4v) is 2.37. The zero-order valence-corrected chi connectivity index (χ0v) is 11.6. The van der Waals surface area contributed by atoms with Crippen LogP contribution in [0, 0.1) is 0 Å². The lowest BCUT2D eigenvalue weighted by atomic mass is 10.1. The first-order valence-electron chi connectivity index (χ1n) is 5.11. The van der Waals surface area contributed by atoms with E-state index in [4.69, 9.17) is 0 Å². The summed E-state index contributed by atoms with van der Waals surface area (Å²) in [5, 5.41) is 0. The van der Waals surface area contributed by atoms with Crippen molar-refractivity contribution < 1.29 is 0 Å². The Labute approximate surface area is 103 Å². The number of hydrogen-bond donors (Lipinski definition) is 0. The molecule has 2 heteroatoms.